The molecule has 198 valence electrons. The molecule has 1 heterocycles. The van der Waals surface area contributed by atoms with E-state index < -0.39 is 23.2 Å². The Labute approximate surface area is 211 Å². The Hall–Kier alpha value is -2.85. The Morgan fingerprint density at radius 1 is 1.31 bits per heavy atom. The van der Waals surface area contributed by atoms with Gasteiger partial charge in [-0.3, -0.25) is 9.59 Å². The van der Waals surface area contributed by atoms with Gasteiger partial charge in [0, 0.05) is 38.6 Å². The standard InChI is InChI=1S/C26H37F2N5O3/c1-5-7-22(31-19-9-8-17-12-18(27)13-21(28)20(17)14-19)24(34)32-23-15-33(16-30-23)26(2,3)25(35)29-10-6-11-36-4/h12-13,15-16,19,22,31H,5-11,14H2,1-4H3,(H,29,35)(H,32,34)/t19-,22-/m0/s1. The topological polar surface area (TPSA) is 97.3 Å². The number of ether oxygens (including phenoxy) is 1. The number of methoxy groups -OCH3 is 1. The highest BCUT2D eigenvalue weighted by molar-refractivity contribution is 5.94. The number of carbonyl (C=O) groups excluding carboxylic acids is 2. The molecule has 2 amide bonds. The van der Waals surface area contributed by atoms with E-state index in [2.05, 4.69) is 20.9 Å². The van der Waals surface area contributed by atoms with Crippen molar-refractivity contribution in [3.05, 3.63) is 47.4 Å². The molecule has 0 aliphatic heterocycles. The highest BCUT2D eigenvalue weighted by Gasteiger charge is 2.31. The van der Waals surface area contributed by atoms with Gasteiger partial charge in [-0.1, -0.05) is 13.3 Å². The Balaban J connectivity index is 1.61. The Kier molecular flexibility index (Phi) is 9.56. The average Bonchev–Trinajstić information content (AvgIpc) is 3.31. The van der Waals surface area contributed by atoms with Crippen molar-refractivity contribution in [3.8, 4) is 0 Å². The molecule has 0 saturated carbocycles. The quantitative estimate of drug-likeness (QED) is 0.385. The van der Waals surface area contributed by atoms with Gasteiger partial charge in [0.2, 0.25) is 11.8 Å². The number of fused-ring (bicyclic) bond motifs is 1. The summed E-state index contributed by atoms with van der Waals surface area (Å²) in [6.07, 6.45) is 6.88. The molecule has 1 aromatic carbocycles. The number of carbonyl (C=O) groups is 2. The van der Waals surface area contributed by atoms with E-state index in [4.69, 9.17) is 4.74 Å². The number of rotatable bonds is 12. The fourth-order valence-electron chi connectivity index (χ4n) is 4.45. The first-order valence-electron chi connectivity index (χ1n) is 12.5. The molecule has 0 saturated heterocycles. The summed E-state index contributed by atoms with van der Waals surface area (Å²) in [6, 6.07) is 1.71. The van der Waals surface area contributed by atoms with Gasteiger partial charge in [0.25, 0.3) is 0 Å². The van der Waals surface area contributed by atoms with Gasteiger partial charge in [-0.2, -0.15) is 0 Å². The number of amides is 2. The number of halogens is 2. The van der Waals surface area contributed by atoms with Crippen LogP contribution in [0.2, 0.25) is 0 Å². The van der Waals surface area contributed by atoms with Gasteiger partial charge in [-0.25, -0.2) is 13.8 Å². The van der Waals surface area contributed by atoms with E-state index in [0.29, 0.717) is 62.2 Å². The Morgan fingerprint density at radius 3 is 2.81 bits per heavy atom. The van der Waals surface area contributed by atoms with Crippen LogP contribution >= 0.6 is 0 Å². The van der Waals surface area contributed by atoms with Crippen LogP contribution in [0.15, 0.2) is 24.7 Å². The summed E-state index contributed by atoms with van der Waals surface area (Å²) in [5, 5.41) is 9.10. The van der Waals surface area contributed by atoms with Crippen LogP contribution in [0.5, 0.6) is 0 Å². The molecule has 3 rings (SSSR count). The van der Waals surface area contributed by atoms with Gasteiger partial charge in [-0.15, -0.1) is 0 Å². The van der Waals surface area contributed by atoms with Crippen molar-refractivity contribution < 1.29 is 23.1 Å². The summed E-state index contributed by atoms with van der Waals surface area (Å²) in [4.78, 5) is 30.0. The molecule has 2 atom stereocenters. The summed E-state index contributed by atoms with van der Waals surface area (Å²) in [6.45, 7) is 6.61. The minimum Gasteiger partial charge on any atom is -0.385 e. The highest BCUT2D eigenvalue weighted by atomic mass is 19.1. The first-order chi connectivity index (χ1) is 17.1. The lowest BCUT2D eigenvalue weighted by molar-refractivity contribution is -0.128. The monoisotopic (exact) mass is 505 g/mol. The summed E-state index contributed by atoms with van der Waals surface area (Å²) in [5.74, 6) is -1.16. The van der Waals surface area contributed by atoms with Crippen molar-refractivity contribution in [2.24, 2.45) is 0 Å². The van der Waals surface area contributed by atoms with E-state index >= 15 is 0 Å². The van der Waals surface area contributed by atoms with Crippen LogP contribution in [0, 0.1) is 11.6 Å². The van der Waals surface area contributed by atoms with Crippen LogP contribution in [0.4, 0.5) is 14.6 Å². The van der Waals surface area contributed by atoms with Gasteiger partial charge in [0.15, 0.2) is 5.82 Å². The summed E-state index contributed by atoms with van der Waals surface area (Å²) >= 11 is 0. The normalized spacial score (nSPS) is 16.3. The molecular formula is C26H37F2N5O3. The van der Waals surface area contributed by atoms with Crippen LogP contribution < -0.4 is 16.0 Å². The summed E-state index contributed by atoms with van der Waals surface area (Å²) in [7, 11) is 1.61. The third kappa shape index (κ3) is 6.88. The number of anilines is 1. The lowest BCUT2D eigenvalue weighted by Crippen LogP contribution is -2.48. The minimum atomic E-state index is -0.900. The van der Waals surface area contributed by atoms with Gasteiger partial charge < -0.3 is 25.3 Å². The first kappa shape index (κ1) is 27.7. The van der Waals surface area contributed by atoms with E-state index in [1.54, 1.807) is 31.7 Å². The summed E-state index contributed by atoms with van der Waals surface area (Å²) < 4.78 is 34.5. The number of aromatic nitrogens is 2. The number of aryl methyl sites for hydroxylation is 1. The number of imidazole rings is 1. The molecule has 0 fully saturated rings. The van der Waals surface area contributed by atoms with Crippen LogP contribution in [0.1, 0.15) is 57.6 Å². The lowest BCUT2D eigenvalue weighted by atomic mass is 9.87. The first-order valence-corrected chi connectivity index (χ1v) is 12.5. The predicted molar refractivity (Wildman–Crippen MR) is 134 cm³/mol. The van der Waals surface area contributed by atoms with Crippen molar-refractivity contribution in [1.29, 1.82) is 0 Å². The summed E-state index contributed by atoms with van der Waals surface area (Å²) in [5.41, 5.74) is 0.304. The molecule has 0 bridgehead atoms. The number of benzene rings is 1. The fraction of sp³-hybridized carbons (Fsp3) is 0.577. The van der Waals surface area contributed by atoms with Gasteiger partial charge in [0.05, 0.1) is 12.4 Å². The molecule has 1 aliphatic rings. The molecular weight excluding hydrogens is 468 g/mol. The average molecular weight is 506 g/mol. The zero-order chi connectivity index (χ0) is 26.3. The second-order valence-corrected chi connectivity index (χ2v) is 9.79. The highest BCUT2D eigenvalue weighted by Crippen LogP contribution is 2.26. The molecule has 10 heteroatoms. The van der Waals surface area contributed by atoms with Crippen molar-refractivity contribution in [2.45, 2.75) is 76.9 Å². The van der Waals surface area contributed by atoms with E-state index in [9.17, 15) is 18.4 Å². The molecule has 0 radical (unpaired) electrons. The van der Waals surface area contributed by atoms with Crippen molar-refractivity contribution in [1.82, 2.24) is 20.2 Å². The maximum absolute atomic E-state index is 14.3. The Morgan fingerprint density at radius 2 is 2.08 bits per heavy atom. The van der Waals surface area contributed by atoms with Crippen LogP contribution in [0.3, 0.4) is 0 Å². The lowest BCUT2D eigenvalue weighted by Gasteiger charge is -2.29. The Bertz CT molecular complexity index is 1060. The van der Waals surface area contributed by atoms with E-state index in [1.165, 1.54) is 12.4 Å². The van der Waals surface area contributed by atoms with Gasteiger partial charge in [0.1, 0.15) is 17.2 Å². The van der Waals surface area contributed by atoms with E-state index in [-0.39, 0.29) is 17.9 Å². The molecule has 0 unspecified atom stereocenters. The molecule has 1 aliphatic carbocycles. The van der Waals surface area contributed by atoms with Crippen molar-refractivity contribution in [2.75, 3.05) is 25.6 Å². The molecule has 36 heavy (non-hydrogen) atoms. The van der Waals surface area contributed by atoms with E-state index in [0.717, 1.165) is 12.5 Å². The number of hydrogen-bond donors (Lipinski definition) is 3. The fourth-order valence-corrected chi connectivity index (χ4v) is 4.45. The van der Waals surface area contributed by atoms with Crippen LogP contribution in [0.25, 0.3) is 0 Å². The third-order valence-corrected chi connectivity index (χ3v) is 6.64. The molecule has 8 nitrogen and oxygen atoms in total. The van der Waals surface area contributed by atoms with E-state index in [1.807, 2.05) is 6.92 Å². The second-order valence-electron chi connectivity index (χ2n) is 9.79. The predicted octanol–water partition coefficient (Wildman–Crippen LogP) is 3.30. The maximum Gasteiger partial charge on any atom is 0.245 e. The molecule has 3 N–H and O–H groups in total. The number of nitrogens with zero attached hydrogens (tertiary/aromatic N) is 2. The van der Waals surface area contributed by atoms with Crippen LogP contribution in [-0.2, 0) is 32.7 Å². The smallest absolute Gasteiger partial charge is 0.245 e. The minimum absolute atomic E-state index is 0.0990. The number of hydrogen-bond acceptors (Lipinski definition) is 5. The van der Waals surface area contributed by atoms with Gasteiger partial charge >= 0.3 is 0 Å². The van der Waals surface area contributed by atoms with Gasteiger partial charge in [-0.05, 0) is 63.1 Å². The van der Waals surface area contributed by atoms with Crippen LogP contribution in [-0.4, -0.2) is 53.7 Å². The largest absolute Gasteiger partial charge is 0.385 e. The number of nitrogens with one attached hydrogen (secondary N) is 3. The van der Waals surface area contributed by atoms with Crippen molar-refractivity contribution in [3.63, 3.8) is 0 Å². The molecule has 1 aromatic heterocycles. The van der Waals surface area contributed by atoms with Crippen molar-refractivity contribution >= 4 is 17.6 Å². The molecule has 2 aromatic rings. The zero-order valence-electron chi connectivity index (χ0n) is 21.5. The second kappa shape index (κ2) is 12.4. The molecule has 0 spiro atoms. The zero-order valence-corrected chi connectivity index (χ0v) is 21.5. The SMILES string of the molecule is CCC[C@H](N[C@H]1CCc2cc(F)cc(F)c2C1)C(=O)Nc1cn(C(C)(C)C(=O)NCCCOC)cn1. The maximum atomic E-state index is 14.3. The third-order valence-electron chi connectivity index (χ3n) is 6.64.